The number of aryl methyl sites for hydroxylation is 1. The van der Waals surface area contributed by atoms with Crippen molar-refractivity contribution in [3.8, 4) is 0 Å². The molecule has 128 valence electrons. The molecule has 5 nitrogen and oxygen atoms in total. The van der Waals surface area contributed by atoms with Crippen molar-refractivity contribution in [3.63, 3.8) is 0 Å². The molecular formula is C18H17FN4OS. The van der Waals surface area contributed by atoms with E-state index in [-0.39, 0.29) is 5.91 Å². The van der Waals surface area contributed by atoms with E-state index >= 15 is 0 Å². The van der Waals surface area contributed by atoms with Crippen LogP contribution in [0.1, 0.15) is 18.1 Å². The number of thioether (sulfide) groups is 1. The molecule has 0 aliphatic carbocycles. The van der Waals surface area contributed by atoms with Crippen LogP contribution >= 0.6 is 11.8 Å². The fourth-order valence-corrected chi connectivity index (χ4v) is 3.05. The monoisotopic (exact) mass is 356 g/mol. The lowest BCUT2D eigenvalue weighted by Gasteiger charge is -2.15. The number of amides is 1. The highest BCUT2D eigenvalue weighted by atomic mass is 32.2. The number of nitrogens with zero attached hydrogens (tertiary/aromatic N) is 2. The Hall–Kier alpha value is -2.67. The summed E-state index contributed by atoms with van der Waals surface area (Å²) in [5.41, 5.74) is 6.31. The van der Waals surface area contributed by atoms with Gasteiger partial charge in [-0.05, 0) is 37.3 Å². The van der Waals surface area contributed by atoms with Gasteiger partial charge in [0, 0.05) is 23.9 Å². The highest BCUT2D eigenvalue weighted by Gasteiger charge is 2.17. The smallest absolute Gasteiger partial charge is 0.221 e. The zero-order valence-corrected chi connectivity index (χ0v) is 14.7. The van der Waals surface area contributed by atoms with Crippen molar-refractivity contribution >= 4 is 39.9 Å². The molecule has 0 aromatic heterocycles. The molecule has 3 rings (SSSR count). The Morgan fingerprint density at radius 3 is 2.64 bits per heavy atom. The molecular weight excluding hydrogens is 339 g/mol. The van der Waals surface area contributed by atoms with Gasteiger partial charge in [0.25, 0.3) is 0 Å². The van der Waals surface area contributed by atoms with Crippen molar-refractivity contribution in [2.24, 2.45) is 10.1 Å². The van der Waals surface area contributed by atoms with E-state index in [9.17, 15) is 9.18 Å². The number of nitrogens with one attached hydrogen (secondary N) is 2. The number of hydrogen-bond donors (Lipinski definition) is 2. The number of carbonyl (C=O) groups excluding carboxylic acids is 1. The Kier molecular flexibility index (Phi) is 5.14. The van der Waals surface area contributed by atoms with Gasteiger partial charge in [-0.2, -0.15) is 5.10 Å². The van der Waals surface area contributed by atoms with Crippen molar-refractivity contribution in [1.82, 2.24) is 5.43 Å². The molecule has 1 aliphatic rings. The van der Waals surface area contributed by atoms with E-state index in [0.717, 1.165) is 5.69 Å². The van der Waals surface area contributed by atoms with E-state index in [1.807, 2.05) is 31.2 Å². The summed E-state index contributed by atoms with van der Waals surface area (Å²) in [7, 11) is 0. The number of anilines is 1. The van der Waals surface area contributed by atoms with Crippen molar-refractivity contribution in [3.05, 3.63) is 59.4 Å². The van der Waals surface area contributed by atoms with Gasteiger partial charge in [0.1, 0.15) is 5.82 Å². The molecule has 0 fully saturated rings. The lowest BCUT2D eigenvalue weighted by Crippen LogP contribution is -2.25. The van der Waals surface area contributed by atoms with Gasteiger partial charge in [0.05, 0.1) is 11.4 Å². The molecule has 0 spiro atoms. The SMILES string of the molecule is CC(=O)Nc1ccc(C2=NNC(=Nc3ccc(C)cc3)SC2)c(F)c1. The number of hydrazone groups is 1. The standard InChI is InChI=1S/C18H17FN4OS/c1-11-3-5-13(6-4-11)21-18-23-22-17(10-25-18)15-8-7-14(9-16(15)19)20-12(2)24/h3-9H,10H2,1-2H3,(H,20,24)(H,21,23). The number of benzene rings is 2. The Bertz CT molecular complexity index is 862. The molecule has 0 saturated carbocycles. The Balaban J connectivity index is 1.74. The van der Waals surface area contributed by atoms with Gasteiger partial charge in [-0.1, -0.05) is 29.5 Å². The highest BCUT2D eigenvalue weighted by molar-refractivity contribution is 8.14. The van der Waals surface area contributed by atoms with Crippen molar-refractivity contribution in [1.29, 1.82) is 0 Å². The average molecular weight is 356 g/mol. The predicted octanol–water partition coefficient (Wildman–Crippen LogP) is 3.82. The maximum atomic E-state index is 14.3. The second-order valence-corrected chi connectivity index (χ2v) is 6.55. The van der Waals surface area contributed by atoms with Crippen LogP contribution in [0, 0.1) is 12.7 Å². The molecule has 1 heterocycles. The predicted molar refractivity (Wildman–Crippen MR) is 101 cm³/mol. The van der Waals surface area contributed by atoms with Crippen molar-refractivity contribution in [2.75, 3.05) is 11.1 Å². The Morgan fingerprint density at radius 2 is 2.04 bits per heavy atom. The molecule has 1 amide bonds. The minimum Gasteiger partial charge on any atom is -0.326 e. The Labute approximate surface area is 149 Å². The summed E-state index contributed by atoms with van der Waals surface area (Å²) in [5.74, 6) is -0.156. The zero-order chi connectivity index (χ0) is 17.8. The van der Waals surface area contributed by atoms with E-state index in [1.54, 1.807) is 12.1 Å². The van der Waals surface area contributed by atoms with E-state index in [4.69, 9.17) is 0 Å². The van der Waals surface area contributed by atoms with Gasteiger partial charge < -0.3 is 5.32 Å². The largest absolute Gasteiger partial charge is 0.326 e. The van der Waals surface area contributed by atoms with Crippen LogP contribution in [-0.4, -0.2) is 22.5 Å². The van der Waals surface area contributed by atoms with Gasteiger partial charge in [0.2, 0.25) is 5.91 Å². The van der Waals surface area contributed by atoms with Gasteiger partial charge in [-0.15, -0.1) is 0 Å². The van der Waals surface area contributed by atoms with Crippen molar-refractivity contribution < 1.29 is 9.18 Å². The van der Waals surface area contributed by atoms with Crippen LogP contribution in [0.25, 0.3) is 0 Å². The summed E-state index contributed by atoms with van der Waals surface area (Å²) < 4.78 is 14.3. The lowest BCUT2D eigenvalue weighted by molar-refractivity contribution is -0.114. The molecule has 2 N–H and O–H groups in total. The first-order valence-corrected chi connectivity index (χ1v) is 8.68. The third kappa shape index (κ3) is 4.45. The number of hydrogen-bond acceptors (Lipinski definition) is 4. The summed E-state index contributed by atoms with van der Waals surface area (Å²) in [6.07, 6.45) is 0. The highest BCUT2D eigenvalue weighted by Crippen LogP contribution is 2.21. The van der Waals surface area contributed by atoms with E-state index in [0.29, 0.717) is 27.9 Å². The van der Waals surface area contributed by atoms with Crippen LogP contribution in [0.3, 0.4) is 0 Å². The van der Waals surface area contributed by atoms with E-state index in [1.165, 1.54) is 30.3 Å². The molecule has 2 aromatic rings. The van der Waals surface area contributed by atoms with E-state index < -0.39 is 5.82 Å². The topological polar surface area (TPSA) is 65.8 Å². The van der Waals surface area contributed by atoms with Crippen molar-refractivity contribution in [2.45, 2.75) is 13.8 Å². The number of aliphatic imine (C=N–C) groups is 1. The van der Waals surface area contributed by atoms with Crippen LogP contribution in [0.5, 0.6) is 0 Å². The normalized spacial score (nSPS) is 15.5. The minimum atomic E-state index is -0.425. The molecule has 0 radical (unpaired) electrons. The first-order chi connectivity index (χ1) is 12.0. The first-order valence-electron chi connectivity index (χ1n) is 7.69. The molecule has 0 atom stereocenters. The van der Waals surface area contributed by atoms with Gasteiger partial charge in [0.15, 0.2) is 5.17 Å². The van der Waals surface area contributed by atoms with E-state index in [2.05, 4.69) is 20.8 Å². The first kappa shape index (κ1) is 17.2. The number of carbonyl (C=O) groups is 1. The molecule has 0 unspecified atom stereocenters. The van der Waals surface area contributed by atoms with Crippen LogP contribution in [0.2, 0.25) is 0 Å². The number of rotatable bonds is 3. The molecule has 25 heavy (non-hydrogen) atoms. The third-order valence-electron chi connectivity index (χ3n) is 3.50. The summed E-state index contributed by atoms with van der Waals surface area (Å²) >= 11 is 1.46. The molecule has 7 heteroatoms. The van der Waals surface area contributed by atoms with Gasteiger partial charge in [-0.3, -0.25) is 10.2 Å². The minimum absolute atomic E-state index is 0.240. The second-order valence-electron chi connectivity index (χ2n) is 5.59. The van der Waals surface area contributed by atoms with Crippen LogP contribution < -0.4 is 10.7 Å². The lowest BCUT2D eigenvalue weighted by atomic mass is 10.1. The van der Waals surface area contributed by atoms with Gasteiger partial charge >= 0.3 is 0 Å². The third-order valence-corrected chi connectivity index (χ3v) is 4.37. The summed E-state index contributed by atoms with van der Waals surface area (Å²) in [6.45, 7) is 3.40. The Morgan fingerprint density at radius 1 is 1.28 bits per heavy atom. The summed E-state index contributed by atoms with van der Waals surface area (Å²) in [6, 6.07) is 12.4. The molecule has 1 aliphatic heterocycles. The summed E-state index contributed by atoms with van der Waals surface area (Å²) in [5, 5.41) is 7.46. The average Bonchev–Trinajstić information content (AvgIpc) is 2.57. The van der Waals surface area contributed by atoms with Gasteiger partial charge in [-0.25, -0.2) is 9.38 Å². The maximum absolute atomic E-state index is 14.3. The summed E-state index contributed by atoms with van der Waals surface area (Å²) in [4.78, 5) is 15.5. The maximum Gasteiger partial charge on any atom is 0.221 e. The fourth-order valence-electron chi connectivity index (χ4n) is 2.28. The van der Waals surface area contributed by atoms with Crippen LogP contribution in [0.4, 0.5) is 15.8 Å². The number of halogens is 1. The molecule has 0 bridgehead atoms. The zero-order valence-electron chi connectivity index (χ0n) is 13.8. The van der Waals surface area contributed by atoms with Crippen LogP contribution in [0.15, 0.2) is 52.6 Å². The quantitative estimate of drug-likeness (QED) is 0.879. The number of amidine groups is 1. The van der Waals surface area contributed by atoms with Crippen LogP contribution in [-0.2, 0) is 4.79 Å². The molecule has 2 aromatic carbocycles. The second kappa shape index (κ2) is 7.48. The molecule has 0 saturated heterocycles. The fraction of sp³-hybridized carbons (Fsp3) is 0.167.